The Morgan fingerprint density at radius 2 is 2.00 bits per heavy atom. The first-order valence-corrected chi connectivity index (χ1v) is 4.53. The van der Waals surface area contributed by atoms with Crippen molar-refractivity contribution in [3.05, 3.63) is 28.8 Å². The number of phenolic OH excluding ortho intramolecular Hbond substituents is 1. The molecule has 0 saturated heterocycles. The van der Waals surface area contributed by atoms with E-state index in [0.29, 0.717) is 11.7 Å². The Morgan fingerprint density at radius 3 is 2.50 bits per heavy atom. The maximum absolute atomic E-state index is 9.80. The Bertz CT molecular complexity index is 313. The number of rotatable bonds is 1. The summed E-state index contributed by atoms with van der Waals surface area (Å²) in [7, 11) is 0. The van der Waals surface area contributed by atoms with Crippen LogP contribution in [0, 0.1) is 0 Å². The summed E-state index contributed by atoms with van der Waals surface area (Å²) in [6.45, 7) is 4.22. The van der Waals surface area contributed by atoms with Crippen LogP contribution in [0.3, 0.4) is 0 Å². The van der Waals surface area contributed by atoms with E-state index in [4.69, 9.17) is 0 Å². The van der Waals surface area contributed by atoms with Gasteiger partial charge in [-0.25, -0.2) is 0 Å². The number of aromatic hydroxyl groups is 1. The van der Waals surface area contributed by atoms with Gasteiger partial charge in [0.05, 0.1) is 0 Å². The zero-order valence-corrected chi connectivity index (χ0v) is 7.59. The quantitative estimate of drug-likeness (QED) is 0.673. The molecule has 1 aromatic rings. The summed E-state index contributed by atoms with van der Waals surface area (Å²) in [4.78, 5) is 0. The molecule has 0 spiro atoms. The molecule has 1 aromatic carbocycles. The third-order valence-corrected chi connectivity index (χ3v) is 2.68. The van der Waals surface area contributed by atoms with Crippen LogP contribution < -0.4 is 0 Å². The van der Waals surface area contributed by atoms with Crippen LogP contribution in [-0.4, -0.2) is 5.11 Å². The van der Waals surface area contributed by atoms with Crippen LogP contribution in [0.4, 0.5) is 0 Å². The van der Waals surface area contributed by atoms with Gasteiger partial charge in [0.15, 0.2) is 0 Å². The average molecular weight is 162 g/mol. The number of hydrogen-bond acceptors (Lipinski definition) is 1. The molecule has 0 heterocycles. The Hall–Kier alpha value is -0.980. The number of benzene rings is 1. The topological polar surface area (TPSA) is 20.2 Å². The minimum atomic E-state index is 0.427. The molecule has 0 radical (unpaired) electrons. The van der Waals surface area contributed by atoms with Crippen molar-refractivity contribution in [3.8, 4) is 5.75 Å². The molecule has 1 nitrogen and oxygen atoms in total. The molecule has 1 aliphatic carbocycles. The lowest BCUT2D eigenvalue weighted by Gasteiger charge is -2.22. The SMILES string of the molecule is CC(C)c1ccc2c(c1O)CC2. The largest absolute Gasteiger partial charge is 0.507 e. The van der Waals surface area contributed by atoms with Crippen molar-refractivity contribution in [2.75, 3.05) is 0 Å². The summed E-state index contributed by atoms with van der Waals surface area (Å²) >= 11 is 0. The van der Waals surface area contributed by atoms with Crippen molar-refractivity contribution in [1.82, 2.24) is 0 Å². The summed E-state index contributed by atoms with van der Waals surface area (Å²) in [5.41, 5.74) is 3.60. The Labute approximate surface area is 73.0 Å². The normalized spacial score (nSPS) is 14.2. The molecule has 64 valence electrons. The smallest absolute Gasteiger partial charge is 0.122 e. The molecule has 0 atom stereocenters. The molecule has 0 unspecified atom stereocenters. The van der Waals surface area contributed by atoms with Crippen molar-refractivity contribution in [1.29, 1.82) is 0 Å². The highest BCUT2D eigenvalue weighted by Gasteiger charge is 2.20. The molecule has 0 aromatic heterocycles. The third-order valence-electron chi connectivity index (χ3n) is 2.68. The highest BCUT2D eigenvalue weighted by atomic mass is 16.3. The Kier molecular flexibility index (Phi) is 1.60. The van der Waals surface area contributed by atoms with Crippen LogP contribution in [0.5, 0.6) is 5.75 Å². The Balaban J connectivity index is 2.52. The van der Waals surface area contributed by atoms with Crippen LogP contribution >= 0.6 is 0 Å². The van der Waals surface area contributed by atoms with E-state index in [2.05, 4.69) is 26.0 Å². The van der Waals surface area contributed by atoms with Gasteiger partial charge in [-0.05, 0) is 35.4 Å². The molecule has 12 heavy (non-hydrogen) atoms. The fourth-order valence-corrected chi connectivity index (χ4v) is 1.76. The van der Waals surface area contributed by atoms with Gasteiger partial charge >= 0.3 is 0 Å². The molecule has 0 aliphatic heterocycles. The first kappa shape index (κ1) is 7.66. The van der Waals surface area contributed by atoms with Gasteiger partial charge in [0, 0.05) is 0 Å². The third kappa shape index (κ3) is 0.927. The summed E-state index contributed by atoms with van der Waals surface area (Å²) in [6.07, 6.45) is 2.20. The van der Waals surface area contributed by atoms with E-state index in [1.165, 1.54) is 11.1 Å². The number of hydrogen-bond donors (Lipinski definition) is 1. The van der Waals surface area contributed by atoms with E-state index >= 15 is 0 Å². The monoisotopic (exact) mass is 162 g/mol. The zero-order chi connectivity index (χ0) is 8.72. The van der Waals surface area contributed by atoms with E-state index < -0.39 is 0 Å². The summed E-state index contributed by atoms with van der Waals surface area (Å²) in [5.74, 6) is 0.977. The van der Waals surface area contributed by atoms with Gasteiger partial charge in [-0.1, -0.05) is 26.0 Å². The predicted octanol–water partition coefficient (Wildman–Crippen LogP) is 2.61. The molecular formula is C11H14O. The molecule has 0 saturated carbocycles. The maximum atomic E-state index is 9.80. The predicted molar refractivity (Wildman–Crippen MR) is 49.6 cm³/mol. The van der Waals surface area contributed by atoms with E-state index in [-0.39, 0.29) is 0 Å². The molecular weight excluding hydrogens is 148 g/mol. The molecule has 2 rings (SSSR count). The molecule has 0 bridgehead atoms. The standard InChI is InChI=1S/C11H14O/c1-7(2)9-5-3-8-4-6-10(8)11(9)12/h3,5,7,12H,4,6H2,1-2H3. The second kappa shape index (κ2) is 2.51. The first-order chi connectivity index (χ1) is 5.70. The van der Waals surface area contributed by atoms with Crippen LogP contribution in [0.2, 0.25) is 0 Å². The van der Waals surface area contributed by atoms with Crippen LogP contribution in [-0.2, 0) is 12.8 Å². The van der Waals surface area contributed by atoms with Gasteiger partial charge in [0.1, 0.15) is 5.75 Å². The van der Waals surface area contributed by atoms with Gasteiger partial charge in [-0.2, -0.15) is 0 Å². The lowest BCUT2D eigenvalue weighted by molar-refractivity contribution is 0.451. The number of aryl methyl sites for hydroxylation is 1. The van der Waals surface area contributed by atoms with Crippen molar-refractivity contribution in [3.63, 3.8) is 0 Å². The molecule has 1 heteroatoms. The van der Waals surface area contributed by atoms with Crippen LogP contribution in [0.1, 0.15) is 36.5 Å². The fraction of sp³-hybridized carbons (Fsp3) is 0.455. The van der Waals surface area contributed by atoms with Gasteiger partial charge in [-0.3, -0.25) is 0 Å². The van der Waals surface area contributed by atoms with E-state index in [9.17, 15) is 5.11 Å². The van der Waals surface area contributed by atoms with Gasteiger partial charge in [0.2, 0.25) is 0 Å². The van der Waals surface area contributed by atoms with Gasteiger partial charge < -0.3 is 5.11 Å². The average Bonchev–Trinajstić information content (AvgIpc) is 1.92. The second-order valence-corrected chi connectivity index (χ2v) is 3.80. The van der Waals surface area contributed by atoms with Crippen molar-refractivity contribution < 1.29 is 5.11 Å². The minimum absolute atomic E-state index is 0.427. The fourth-order valence-electron chi connectivity index (χ4n) is 1.76. The van der Waals surface area contributed by atoms with E-state index in [1.807, 2.05) is 0 Å². The van der Waals surface area contributed by atoms with Crippen molar-refractivity contribution >= 4 is 0 Å². The molecule has 0 amide bonds. The highest BCUT2D eigenvalue weighted by molar-refractivity contribution is 5.51. The van der Waals surface area contributed by atoms with Gasteiger partial charge in [-0.15, -0.1) is 0 Å². The zero-order valence-electron chi connectivity index (χ0n) is 7.59. The van der Waals surface area contributed by atoms with Gasteiger partial charge in [0.25, 0.3) is 0 Å². The van der Waals surface area contributed by atoms with Crippen LogP contribution in [0.25, 0.3) is 0 Å². The van der Waals surface area contributed by atoms with Crippen molar-refractivity contribution in [2.24, 2.45) is 0 Å². The summed E-state index contributed by atoms with van der Waals surface area (Å²) in [5, 5.41) is 9.80. The Morgan fingerprint density at radius 1 is 1.25 bits per heavy atom. The number of phenols is 1. The van der Waals surface area contributed by atoms with Crippen molar-refractivity contribution in [2.45, 2.75) is 32.6 Å². The summed E-state index contributed by atoms with van der Waals surface area (Å²) < 4.78 is 0. The lowest BCUT2D eigenvalue weighted by Crippen LogP contribution is -2.09. The number of fused-ring (bicyclic) bond motifs is 1. The minimum Gasteiger partial charge on any atom is -0.507 e. The van der Waals surface area contributed by atoms with E-state index in [1.54, 1.807) is 0 Å². The molecule has 1 N–H and O–H groups in total. The second-order valence-electron chi connectivity index (χ2n) is 3.80. The molecule has 1 aliphatic rings. The first-order valence-electron chi connectivity index (χ1n) is 4.53. The van der Waals surface area contributed by atoms with Crippen LogP contribution in [0.15, 0.2) is 12.1 Å². The van der Waals surface area contributed by atoms with E-state index in [0.717, 1.165) is 18.4 Å². The highest BCUT2D eigenvalue weighted by Crippen LogP contribution is 2.36. The molecule has 0 fully saturated rings. The lowest BCUT2D eigenvalue weighted by atomic mass is 9.84. The maximum Gasteiger partial charge on any atom is 0.122 e. The summed E-state index contributed by atoms with van der Waals surface area (Å²) in [6, 6.07) is 4.20.